The molecule has 0 radical (unpaired) electrons. The highest BCUT2D eigenvalue weighted by Gasteiger charge is 2.22. The molecule has 0 spiro atoms. The molecule has 4 aromatic rings. The van der Waals surface area contributed by atoms with Crippen molar-refractivity contribution in [2.75, 3.05) is 13.2 Å². The van der Waals surface area contributed by atoms with Crippen LogP contribution >= 0.6 is 0 Å². The number of hydrogen-bond donors (Lipinski definition) is 0. The van der Waals surface area contributed by atoms with Gasteiger partial charge in [0.25, 0.3) is 5.56 Å². The van der Waals surface area contributed by atoms with Crippen LogP contribution in [0.1, 0.15) is 35.9 Å². The standard InChI is InChI=1S/C23H29N5O3/c1-6-31-13-7-12-26-16(3)17(4)28-19-20(24-22(26)28)25(5)23(30)27(21(19)29)14-18-10-8-15(2)9-11-18/h8-11H,6-7,12-14H2,1-5H3. The molecule has 164 valence electrons. The Bertz CT molecular complexity index is 1370. The van der Waals surface area contributed by atoms with Gasteiger partial charge in [-0.1, -0.05) is 29.8 Å². The molecule has 0 unspecified atom stereocenters. The highest BCUT2D eigenvalue weighted by molar-refractivity contribution is 5.76. The van der Waals surface area contributed by atoms with E-state index in [0.29, 0.717) is 30.2 Å². The fourth-order valence-corrected chi connectivity index (χ4v) is 4.07. The first-order valence-electron chi connectivity index (χ1n) is 10.7. The predicted molar refractivity (Wildman–Crippen MR) is 121 cm³/mol. The van der Waals surface area contributed by atoms with Crippen molar-refractivity contribution in [3.63, 3.8) is 0 Å². The fourth-order valence-electron chi connectivity index (χ4n) is 4.07. The maximum Gasteiger partial charge on any atom is 0.332 e. The number of imidazole rings is 2. The quantitative estimate of drug-likeness (QED) is 0.428. The molecular formula is C23H29N5O3. The van der Waals surface area contributed by atoms with E-state index in [2.05, 4.69) is 4.57 Å². The van der Waals surface area contributed by atoms with Crippen molar-refractivity contribution in [3.8, 4) is 0 Å². The normalized spacial score (nSPS) is 11.8. The van der Waals surface area contributed by atoms with Crippen molar-refractivity contribution in [1.29, 1.82) is 0 Å². The van der Waals surface area contributed by atoms with Gasteiger partial charge in [0.05, 0.1) is 6.54 Å². The van der Waals surface area contributed by atoms with Crippen molar-refractivity contribution in [2.24, 2.45) is 7.05 Å². The molecule has 4 rings (SSSR count). The molecule has 8 heteroatoms. The monoisotopic (exact) mass is 423 g/mol. The van der Waals surface area contributed by atoms with E-state index < -0.39 is 0 Å². The first-order chi connectivity index (χ1) is 14.8. The Hall–Kier alpha value is -3.13. The van der Waals surface area contributed by atoms with E-state index in [0.717, 1.165) is 35.5 Å². The van der Waals surface area contributed by atoms with Gasteiger partial charge in [-0.2, -0.15) is 4.98 Å². The van der Waals surface area contributed by atoms with Gasteiger partial charge in [0, 0.05) is 38.2 Å². The smallest absolute Gasteiger partial charge is 0.332 e. The van der Waals surface area contributed by atoms with Crippen molar-refractivity contribution in [3.05, 3.63) is 67.6 Å². The van der Waals surface area contributed by atoms with Crippen LogP contribution in [0.5, 0.6) is 0 Å². The summed E-state index contributed by atoms with van der Waals surface area (Å²) in [4.78, 5) is 31.2. The Kier molecular flexibility index (Phi) is 5.58. The Morgan fingerprint density at radius 2 is 1.71 bits per heavy atom. The van der Waals surface area contributed by atoms with Gasteiger partial charge >= 0.3 is 5.69 Å². The third-order valence-electron chi connectivity index (χ3n) is 5.97. The lowest BCUT2D eigenvalue weighted by Crippen LogP contribution is -2.39. The number of rotatable bonds is 7. The molecule has 0 aliphatic carbocycles. The van der Waals surface area contributed by atoms with E-state index in [4.69, 9.17) is 9.72 Å². The minimum absolute atomic E-state index is 0.224. The summed E-state index contributed by atoms with van der Waals surface area (Å²) in [7, 11) is 1.67. The van der Waals surface area contributed by atoms with E-state index in [1.165, 1.54) is 9.13 Å². The summed E-state index contributed by atoms with van der Waals surface area (Å²) in [6.07, 6.45) is 0.845. The lowest BCUT2D eigenvalue weighted by atomic mass is 10.1. The van der Waals surface area contributed by atoms with Gasteiger partial charge < -0.3 is 9.30 Å². The number of ether oxygens (including phenoxy) is 1. The topological polar surface area (TPSA) is 75.5 Å². The minimum atomic E-state index is -0.365. The van der Waals surface area contributed by atoms with Crippen LogP contribution in [-0.2, 0) is 24.9 Å². The van der Waals surface area contributed by atoms with Gasteiger partial charge in [0.2, 0.25) is 5.78 Å². The van der Waals surface area contributed by atoms with Crippen LogP contribution in [0.15, 0.2) is 33.9 Å². The molecule has 0 saturated heterocycles. The molecule has 0 bridgehead atoms. The number of aryl methyl sites for hydroxylation is 4. The summed E-state index contributed by atoms with van der Waals surface area (Å²) in [5.41, 5.74) is 4.21. The number of hydrogen-bond acceptors (Lipinski definition) is 4. The van der Waals surface area contributed by atoms with E-state index in [1.54, 1.807) is 7.05 Å². The molecule has 0 atom stereocenters. The zero-order chi connectivity index (χ0) is 22.3. The summed E-state index contributed by atoms with van der Waals surface area (Å²) in [5, 5.41) is 0. The van der Waals surface area contributed by atoms with Gasteiger partial charge in [-0.05, 0) is 39.7 Å². The Morgan fingerprint density at radius 3 is 2.39 bits per heavy atom. The van der Waals surface area contributed by atoms with E-state index in [-0.39, 0.29) is 17.8 Å². The van der Waals surface area contributed by atoms with Crippen LogP contribution < -0.4 is 11.2 Å². The van der Waals surface area contributed by atoms with Gasteiger partial charge in [-0.3, -0.25) is 18.3 Å². The minimum Gasteiger partial charge on any atom is -0.382 e. The third-order valence-corrected chi connectivity index (χ3v) is 5.97. The van der Waals surface area contributed by atoms with Crippen molar-refractivity contribution >= 4 is 16.9 Å². The summed E-state index contributed by atoms with van der Waals surface area (Å²) in [6.45, 7) is 10.3. The summed E-state index contributed by atoms with van der Waals surface area (Å²) < 4.78 is 12.2. The van der Waals surface area contributed by atoms with Crippen LogP contribution in [0.4, 0.5) is 0 Å². The fraction of sp³-hybridized carbons (Fsp3) is 0.435. The predicted octanol–water partition coefficient (Wildman–Crippen LogP) is 2.55. The van der Waals surface area contributed by atoms with E-state index >= 15 is 0 Å². The van der Waals surface area contributed by atoms with Gasteiger partial charge in [0.1, 0.15) is 0 Å². The first kappa shape index (κ1) is 21.1. The van der Waals surface area contributed by atoms with Gasteiger partial charge in [-0.15, -0.1) is 0 Å². The average Bonchev–Trinajstić information content (AvgIpc) is 3.25. The van der Waals surface area contributed by atoms with Gasteiger partial charge in [-0.25, -0.2) is 4.79 Å². The van der Waals surface area contributed by atoms with Crippen LogP contribution in [0.3, 0.4) is 0 Å². The van der Waals surface area contributed by atoms with Crippen LogP contribution in [0.2, 0.25) is 0 Å². The molecule has 1 aromatic carbocycles. The molecule has 0 saturated carbocycles. The lowest BCUT2D eigenvalue weighted by molar-refractivity contribution is 0.142. The average molecular weight is 424 g/mol. The molecular weight excluding hydrogens is 394 g/mol. The Balaban J connectivity index is 1.89. The number of benzene rings is 1. The molecule has 3 aromatic heterocycles. The van der Waals surface area contributed by atoms with E-state index in [9.17, 15) is 9.59 Å². The molecule has 0 aliphatic heterocycles. The second-order valence-corrected chi connectivity index (χ2v) is 8.01. The van der Waals surface area contributed by atoms with Crippen molar-refractivity contribution in [1.82, 2.24) is 23.1 Å². The van der Waals surface area contributed by atoms with Crippen LogP contribution in [0, 0.1) is 20.8 Å². The molecule has 3 heterocycles. The van der Waals surface area contributed by atoms with Crippen molar-refractivity contribution < 1.29 is 4.74 Å². The summed E-state index contributed by atoms with van der Waals surface area (Å²) in [5.74, 6) is 0.682. The zero-order valence-corrected chi connectivity index (χ0v) is 18.8. The molecule has 0 fully saturated rings. The molecule has 0 aliphatic rings. The maximum atomic E-state index is 13.5. The highest BCUT2D eigenvalue weighted by Crippen LogP contribution is 2.21. The second-order valence-electron chi connectivity index (χ2n) is 8.01. The summed E-state index contributed by atoms with van der Waals surface area (Å²) in [6, 6.07) is 7.86. The Morgan fingerprint density at radius 1 is 1.00 bits per heavy atom. The number of nitrogens with zero attached hydrogens (tertiary/aromatic N) is 5. The highest BCUT2D eigenvalue weighted by atomic mass is 16.5. The maximum absolute atomic E-state index is 13.5. The first-order valence-corrected chi connectivity index (χ1v) is 10.7. The van der Waals surface area contributed by atoms with Crippen LogP contribution in [0.25, 0.3) is 16.9 Å². The molecule has 0 N–H and O–H groups in total. The summed E-state index contributed by atoms with van der Waals surface area (Å²) >= 11 is 0. The Labute approximate surface area is 180 Å². The number of aromatic nitrogens is 5. The zero-order valence-electron chi connectivity index (χ0n) is 18.8. The second kappa shape index (κ2) is 8.19. The lowest BCUT2D eigenvalue weighted by Gasteiger charge is -2.09. The van der Waals surface area contributed by atoms with Crippen molar-refractivity contribution in [2.45, 2.75) is 47.2 Å². The van der Waals surface area contributed by atoms with Crippen LogP contribution in [-0.4, -0.2) is 36.3 Å². The SMILES string of the molecule is CCOCCCn1c(C)c(C)n2c3c(=O)n(Cc4ccc(C)cc4)c(=O)n(C)c3nc12. The number of fused-ring (bicyclic) bond motifs is 3. The largest absolute Gasteiger partial charge is 0.382 e. The van der Waals surface area contributed by atoms with E-state index in [1.807, 2.05) is 56.4 Å². The van der Waals surface area contributed by atoms with Gasteiger partial charge in [0.15, 0.2) is 11.2 Å². The third kappa shape index (κ3) is 3.50. The molecule has 0 amide bonds. The molecule has 8 nitrogen and oxygen atoms in total. The molecule has 31 heavy (non-hydrogen) atoms.